The third kappa shape index (κ3) is 5.08. The summed E-state index contributed by atoms with van der Waals surface area (Å²) < 4.78 is 22.1. The SMILES string of the molecule is COc1ccc(COC2[C@@H](O)OC(CO)[C@@H](O)[C@H]2OCc2ccccc2)cc1. The van der Waals surface area contributed by atoms with Gasteiger partial charge in [-0.2, -0.15) is 0 Å². The number of hydrogen-bond donors (Lipinski definition) is 3. The van der Waals surface area contributed by atoms with Gasteiger partial charge in [0.2, 0.25) is 0 Å². The molecule has 0 amide bonds. The van der Waals surface area contributed by atoms with Crippen molar-refractivity contribution >= 4 is 0 Å². The molecule has 7 nitrogen and oxygen atoms in total. The van der Waals surface area contributed by atoms with Gasteiger partial charge < -0.3 is 34.3 Å². The van der Waals surface area contributed by atoms with Gasteiger partial charge in [-0.3, -0.25) is 0 Å². The fourth-order valence-electron chi connectivity index (χ4n) is 3.11. The van der Waals surface area contributed by atoms with Crippen LogP contribution < -0.4 is 4.74 Å². The first-order chi connectivity index (χ1) is 13.6. The molecule has 1 aliphatic heterocycles. The van der Waals surface area contributed by atoms with Crippen LogP contribution in [-0.4, -0.2) is 59.7 Å². The highest BCUT2D eigenvalue weighted by Gasteiger charge is 2.46. The number of benzene rings is 2. The van der Waals surface area contributed by atoms with Crippen molar-refractivity contribution in [3.63, 3.8) is 0 Å². The second-order valence-electron chi connectivity index (χ2n) is 6.62. The largest absolute Gasteiger partial charge is 0.497 e. The van der Waals surface area contributed by atoms with Crippen molar-refractivity contribution < 1.29 is 34.3 Å². The molecule has 2 aromatic carbocycles. The standard InChI is InChI=1S/C21H26O7/c1-25-16-9-7-15(8-10-16)13-27-20-19(18(23)17(11-22)28-21(20)24)26-12-14-5-3-2-4-6-14/h2-10,17-24H,11-13H2,1H3/t17?,18-,19-,20?,21+/m1/s1. The first kappa shape index (κ1) is 20.7. The summed E-state index contributed by atoms with van der Waals surface area (Å²) in [5.74, 6) is 0.732. The summed E-state index contributed by atoms with van der Waals surface area (Å²) in [4.78, 5) is 0. The summed E-state index contributed by atoms with van der Waals surface area (Å²) in [6.45, 7) is -0.0127. The van der Waals surface area contributed by atoms with Gasteiger partial charge in [0.15, 0.2) is 6.29 Å². The van der Waals surface area contributed by atoms with Crippen molar-refractivity contribution in [1.82, 2.24) is 0 Å². The lowest BCUT2D eigenvalue weighted by Crippen LogP contribution is -2.60. The minimum absolute atomic E-state index is 0.191. The Morgan fingerprint density at radius 2 is 1.46 bits per heavy atom. The minimum Gasteiger partial charge on any atom is -0.497 e. The third-order valence-corrected chi connectivity index (χ3v) is 4.70. The Hall–Kier alpha value is -2.00. The second-order valence-corrected chi connectivity index (χ2v) is 6.62. The first-order valence-corrected chi connectivity index (χ1v) is 9.15. The number of rotatable bonds is 8. The van der Waals surface area contributed by atoms with Gasteiger partial charge in [-0.25, -0.2) is 0 Å². The molecule has 0 radical (unpaired) electrons. The number of hydrogen-bond acceptors (Lipinski definition) is 7. The van der Waals surface area contributed by atoms with Crippen LogP contribution in [0, 0.1) is 0 Å². The molecule has 0 bridgehead atoms. The summed E-state index contributed by atoms with van der Waals surface area (Å²) in [5, 5.41) is 30.3. The Morgan fingerprint density at radius 1 is 0.857 bits per heavy atom. The molecule has 3 rings (SSSR count). The van der Waals surface area contributed by atoms with Crippen molar-refractivity contribution in [1.29, 1.82) is 0 Å². The van der Waals surface area contributed by atoms with E-state index in [2.05, 4.69) is 0 Å². The molecule has 0 aromatic heterocycles. The Kier molecular flexibility index (Phi) is 7.38. The molecule has 2 aromatic rings. The van der Waals surface area contributed by atoms with E-state index in [4.69, 9.17) is 18.9 Å². The smallest absolute Gasteiger partial charge is 0.184 e. The molecular formula is C21H26O7. The van der Waals surface area contributed by atoms with Crippen LogP contribution in [0.15, 0.2) is 54.6 Å². The van der Waals surface area contributed by atoms with E-state index < -0.39 is 37.3 Å². The molecular weight excluding hydrogens is 364 g/mol. The van der Waals surface area contributed by atoms with E-state index in [9.17, 15) is 15.3 Å². The number of aliphatic hydroxyl groups is 3. The van der Waals surface area contributed by atoms with Crippen molar-refractivity contribution in [2.24, 2.45) is 0 Å². The molecule has 28 heavy (non-hydrogen) atoms. The highest BCUT2D eigenvalue weighted by Crippen LogP contribution is 2.26. The van der Waals surface area contributed by atoms with Gasteiger partial charge in [-0.15, -0.1) is 0 Å². The van der Waals surface area contributed by atoms with Gasteiger partial charge in [-0.1, -0.05) is 42.5 Å². The molecule has 0 saturated carbocycles. The maximum atomic E-state index is 10.5. The molecule has 2 unspecified atom stereocenters. The van der Waals surface area contributed by atoms with E-state index in [1.165, 1.54) is 0 Å². The highest BCUT2D eigenvalue weighted by atomic mass is 16.7. The molecule has 3 N–H and O–H groups in total. The van der Waals surface area contributed by atoms with Crippen molar-refractivity contribution in [2.45, 2.75) is 43.9 Å². The van der Waals surface area contributed by atoms with Crippen LogP contribution in [0.1, 0.15) is 11.1 Å². The lowest BCUT2D eigenvalue weighted by molar-refractivity contribution is -0.307. The van der Waals surface area contributed by atoms with Gasteiger partial charge in [0.25, 0.3) is 0 Å². The van der Waals surface area contributed by atoms with E-state index in [0.29, 0.717) is 0 Å². The summed E-state index contributed by atoms with van der Waals surface area (Å²) in [5.41, 5.74) is 1.79. The van der Waals surface area contributed by atoms with E-state index in [0.717, 1.165) is 16.9 Å². The molecule has 0 spiro atoms. The van der Waals surface area contributed by atoms with Crippen LogP contribution in [0.25, 0.3) is 0 Å². The summed E-state index contributed by atoms with van der Waals surface area (Å²) >= 11 is 0. The number of aliphatic hydroxyl groups excluding tert-OH is 3. The Balaban J connectivity index is 1.68. The minimum atomic E-state index is -1.33. The van der Waals surface area contributed by atoms with Crippen molar-refractivity contribution in [2.75, 3.05) is 13.7 Å². The lowest BCUT2D eigenvalue weighted by Gasteiger charge is -2.42. The van der Waals surface area contributed by atoms with Crippen molar-refractivity contribution in [3.8, 4) is 5.75 Å². The fourth-order valence-corrected chi connectivity index (χ4v) is 3.11. The Labute approximate surface area is 164 Å². The first-order valence-electron chi connectivity index (χ1n) is 9.15. The van der Waals surface area contributed by atoms with Gasteiger partial charge in [-0.05, 0) is 23.3 Å². The van der Waals surface area contributed by atoms with Gasteiger partial charge >= 0.3 is 0 Å². The maximum Gasteiger partial charge on any atom is 0.184 e. The van der Waals surface area contributed by atoms with E-state index in [1.54, 1.807) is 7.11 Å². The normalized spacial score (nSPS) is 27.5. The average molecular weight is 390 g/mol. The second kappa shape index (κ2) is 9.97. The zero-order valence-electron chi connectivity index (χ0n) is 15.7. The summed E-state index contributed by atoms with van der Waals surface area (Å²) in [7, 11) is 1.59. The van der Waals surface area contributed by atoms with Gasteiger partial charge in [0.1, 0.15) is 30.2 Å². The highest BCUT2D eigenvalue weighted by molar-refractivity contribution is 5.26. The Bertz CT molecular complexity index is 706. The average Bonchev–Trinajstić information content (AvgIpc) is 2.74. The van der Waals surface area contributed by atoms with Crippen LogP contribution in [0.2, 0.25) is 0 Å². The molecule has 1 saturated heterocycles. The summed E-state index contributed by atoms with van der Waals surface area (Å²) in [6, 6.07) is 16.8. The van der Waals surface area contributed by atoms with Crippen LogP contribution >= 0.6 is 0 Å². The van der Waals surface area contributed by atoms with Crippen molar-refractivity contribution in [3.05, 3.63) is 65.7 Å². The molecule has 1 aliphatic rings. The van der Waals surface area contributed by atoms with E-state index in [-0.39, 0.29) is 13.2 Å². The topological polar surface area (TPSA) is 97.6 Å². The Morgan fingerprint density at radius 3 is 2.07 bits per heavy atom. The molecule has 7 heteroatoms. The predicted molar refractivity (Wildman–Crippen MR) is 101 cm³/mol. The monoisotopic (exact) mass is 390 g/mol. The van der Waals surface area contributed by atoms with E-state index in [1.807, 2.05) is 54.6 Å². The quantitative estimate of drug-likeness (QED) is 0.624. The maximum absolute atomic E-state index is 10.5. The molecule has 1 heterocycles. The predicted octanol–water partition coefficient (Wildman–Crippen LogP) is 1.24. The summed E-state index contributed by atoms with van der Waals surface area (Å²) in [6.07, 6.45) is -5.20. The van der Waals surface area contributed by atoms with Crippen LogP contribution in [-0.2, 0) is 27.4 Å². The van der Waals surface area contributed by atoms with Crippen LogP contribution in [0.4, 0.5) is 0 Å². The zero-order chi connectivity index (χ0) is 19.9. The zero-order valence-corrected chi connectivity index (χ0v) is 15.7. The number of methoxy groups -OCH3 is 1. The molecule has 5 atom stereocenters. The fraction of sp³-hybridized carbons (Fsp3) is 0.429. The van der Waals surface area contributed by atoms with Crippen LogP contribution in [0.3, 0.4) is 0 Å². The number of ether oxygens (including phenoxy) is 4. The molecule has 1 fully saturated rings. The molecule has 0 aliphatic carbocycles. The van der Waals surface area contributed by atoms with E-state index >= 15 is 0 Å². The van der Waals surface area contributed by atoms with Crippen LogP contribution in [0.5, 0.6) is 5.75 Å². The van der Waals surface area contributed by atoms with Gasteiger partial charge in [0, 0.05) is 0 Å². The lowest BCUT2D eigenvalue weighted by atomic mass is 9.98. The third-order valence-electron chi connectivity index (χ3n) is 4.70. The molecule has 152 valence electrons. The van der Waals surface area contributed by atoms with Gasteiger partial charge in [0.05, 0.1) is 26.9 Å².